The third-order valence-corrected chi connectivity index (χ3v) is 19.1. The quantitative estimate of drug-likeness (QED) is 0.0899. The van der Waals surface area contributed by atoms with Crippen molar-refractivity contribution in [3.63, 3.8) is 0 Å². The summed E-state index contributed by atoms with van der Waals surface area (Å²) in [5.74, 6) is 0. The van der Waals surface area contributed by atoms with E-state index in [0.717, 1.165) is 79.6 Å². The molecule has 15 aromatic carbocycles. The van der Waals surface area contributed by atoms with Gasteiger partial charge in [-0.15, -0.1) is 0 Å². The van der Waals surface area contributed by atoms with Gasteiger partial charge in [-0.1, -0.05) is 221 Å². The van der Waals surface area contributed by atoms with Crippen molar-refractivity contribution in [2.45, 2.75) is 41.5 Å². The van der Waals surface area contributed by atoms with Crippen LogP contribution in [0.15, 0.2) is 370 Å². The van der Waals surface area contributed by atoms with Crippen molar-refractivity contribution < 1.29 is 0 Å². The molecule has 6 heteroatoms. The number of aryl methyl sites for hydroxylation is 6. The molecule has 0 aliphatic rings. The molecule has 0 amide bonds. The van der Waals surface area contributed by atoms with E-state index in [1.165, 1.54) is 72.1 Å². The van der Waals surface area contributed by atoms with Gasteiger partial charge in [-0.3, -0.25) is 0 Å². The molecule has 0 aliphatic heterocycles. The lowest BCUT2D eigenvalue weighted by Gasteiger charge is -2.27. The van der Waals surface area contributed by atoms with E-state index in [0.29, 0.717) is 0 Å². The molecule has 0 fully saturated rings. The minimum absolute atomic E-state index is 1.13. The summed E-state index contributed by atoms with van der Waals surface area (Å²) in [6.07, 6.45) is 0. The molecule has 0 heterocycles. The lowest BCUT2D eigenvalue weighted by Crippen LogP contribution is -2.12. The predicted molar refractivity (Wildman–Crippen MR) is 444 cm³/mol. The highest BCUT2D eigenvalue weighted by Crippen LogP contribution is 2.41. The first kappa shape index (κ1) is 68.9. The molecular weight excluding hydrogens is 1250 g/mol. The van der Waals surface area contributed by atoms with Crippen molar-refractivity contribution in [1.29, 1.82) is 0 Å². The van der Waals surface area contributed by atoms with Gasteiger partial charge in [0.05, 0.1) is 0 Å². The van der Waals surface area contributed by atoms with Crippen LogP contribution in [0, 0.1) is 41.5 Å². The summed E-state index contributed by atoms with van der Waals surface area (Å²) in [6, 6.07) is 132. The molecule has 0 aromatic heterocycles. The highest BCUT2D eigenvalue weighted by molar-refractivity contribution is 5.88. The summed E-state index contributed by atoms with van der Waals surface area (Å²) >= 11 is 0. The van der Waals surface area contributed by atoms with Crippen LogP contribution in [0.3, 0.4) is 0 Å². The number of hydrogen-bond acceptors (Lipinski definition) is 6. The van der Waals surface area contributed by atoms with E-state index < -0.39 is 0 Å². The van der Waals surface area contributed by atoms with E-state index in [1.807, 2.05) is 6.07 Å². The lowest BCUT2D eigenvalue weighted by molar-refractivity contribution is 1.20. The SMILES string of the molecule is Cc1ccc(N(c2ccc(C)cc2)c2ccc(N(C)c3ccc(-c4ccccc4)cc3)cc2)cc1.Cc1ccc(N(c2ccc(C)cc2)c2ccc(N(C)c3ccc4ccccc4c3)cc2)cc1.Cc1ccc(N(c2ccc(C)cc2)c2ccc(N(C)c3cccc(-c4ccccc4)c3)cc2)cc1. The van der Waals surface area contributed by atoms with Crippen molar-refractivity contribution in [3.8, 4) is 22.3 Å². The molecule has 0 spiro atoms. The van der Waals surface area contributed by atoms with Crippen LogP contribution in [0.5, 0.6) is 0 Å². The summed E-state index contributed by atoms with van der Waals surface area (Å²) in [5.41, 5.74) is 29.7. The van der Waals surface area contributed by atoms with Crippen LogP contribution in [-0.4, -0.2) is 21.1 Å². The fourth-order valence-electron chi connectivity index (χ4n) is 12.8. The zero-order valence-corrected chi connectivity index (χ0v) is 60.4. The van der Waals surface area contributed by atoms with Gasteiger partial charge in [0.2, 0.25) is 0 Å². The van der Waals surface area contributed by atoms with Crippen LogP contribution in [0.2, 0.25) is 0 Å². The number of fused-ring (bicyclic) bond motifs is 1. The topological polar surface area (TPSA) is 19.4 Å². The average Bonchev–Trinajstić information content (AvgIpc) is 0.815. The van der Waals surface area contributed by atoms with Gasteiger partial charge in [-0.2, -0.15) is 0 Å². The average molecular weight is 1340 g/mol. The van der Waals surface area contributed by atoms with Gasteiger partial charge in [0.25, 0.3) is 0 Å². The molecule has 6 nitrogen and oxygen atoms in total. The van der Waals surface area contributed by atoms with Gasteiger partial charge in [0.15, 0.2) is 0 Å². The number of rotatable bonds is 17. The van der Waals surface area contributed by atoms with Crippen LogP contribution >= 0.6 is 0 Å². The number of benzene rings is 15. The Balaban J connectivity index is 0.000000138. The molecule has 0 N–H and O–H groups in total. The third-order valence-electron chi connectivity index (χ3n) is 19.1. The zero-order valence-electron chi connectivity index (χ0n) is 60.4. The zero-order chi connectivity index (χ0) is 71.2. The Labute approximate surface area is 610 Å². The Morgan fingerprint density at radius 1 is 0.146 bits per heavy atom. The van der Waals surface area contributed by atoms with Gasteiger partial charge in [-0.25, -0.2) is 0 Å². The maximum atomic E-state index is 2.30. The van der Waals surface area contributed by atoms with E-state index in [9.17, 15) is 0 Å². The van der Waals surface area contributed by atoms with Gasteiger partial charge >= 0.3 is 0 Å². The standard InChI is InChI=1S/2C33H30N2.C31H28N2/c1-25-12-16-30(17-13-25)35(31-18-14-26(2)15-19-31)32-22-20-29(21-23-32)34(3)33-11-7-10-28(24-33)27-8-5-4-6-9-27;1-25-9-15-31(16-10-25)35(32-17-11-26(2)12-18-32)33-23-21-30(22-24-33)34(3)29-19-13-28(14-20-29)27-7-5-4-6-8-27;1-23-8-13-28(14-9-23)33(29-15-10-24(2)11-16-29)30-20-18-27(19-21-30)32(3)31-17-12-25-6-4-5-7-26(25)22-31/h2*4-24H,1-3H3;4-22H,1-3H3. The number of hydrogen-bond donors (Lipinski definition) is 0. The normalized spacial score (nSPS) is 10.8. The Kier molecular flexibility index (Phi) is 21.5. The van der Waals surface area contributed by atoms with Gasteiger partial charge in [0, 0.05) is 106 Å². The van der Waals surface area contributed by atoms with E-state index in [2.05, 4.69) is 456 Å². The molecule has 0 bridgehead atoms. The molecule has 15 aromatic rings. The number of nitrogens with zero attached hydrogens (tertiary/aromatic N) is 6. The monoisotopic (exact) mass is 1340 g/mol. The lowest BCUT2D eigenvalue weighted by atomic mass is 10.0. The summed E-state index contributed by atoms with van der Waals surface area (Å²) in [6.45, 7) is 12.7. The minimum atomic E-state index is 1.13. The van der Waals surface area contributed by atoms with E-state index >= 15 is 0 Å². The van der Waals surface area contributed by atoms with E-state index in [4.69, 9.17) is 0 Å². The third kappa shape index (κ3) is 16.8. The van der Waals surface area contributed by atoms with Crippen molar-refractivity contribution >= 4 is 96.1 Å². The highest BCUT2D eigenvalue weighted by atomic mass is 15.2. The van der Waals surface area contributed by atoms with Crippen LogP contribution < -0.4 is 29.4 Å². The predicted octanol–water partition coefficient (Wildman–Crippen LogP) is 27.1. The molecule has 0 atom stereocenters. The van der Waals surface area contributed by atoms with Crippen molar-refractivity contribution in [2.75, 3.05) is 50.5 Å². The number of anilines is 15. The van der Waals surface area contributed by atoms with Gasteiger partial charge in [-0.05, 0) is 257 Å². The highest BCUT2D eigenvalue weighted by Gasteiger charge is 2.18. The summed E-state index contributed by atoms with van der Waals surface area (Å²) in [5, 5.41) is 2.51. The van der Waals surface area contributed by atoms with Crippen LogP contribution in [0.25, 0.3) is 33.0 Å². The molecule has 103 heavy (non-hydrogen) atoms. The summed E-state index contributed by atoms with van der Waals surface area (Å²) in [7, 11) is 6.36. The maximum Gasteiger partial charge on any atom is 0.0463 e. The Morgan fingerprint density at radius 2 is 0.359 bits per heavy atom. The first-order valence-corrected chi connectivity index (χ1v) is 35.4. The molecule has 0 unspecified atom stereocenters. The van der Waals surface area contributed by atoms with Crippen molar-refractivity contribution in [3.05, 3.63) is 403 Å². The van der Waals surface area contributed by atoms with Crippen molar-refractivity contribution in [1.82, 2.24) is 0 Å². The minimum Gasteiger partial charge on any atom is -0.345 e. The second-order valence-corrected chi connectivity index (χ2v) is 26.6. The Bertz CT molecular complexity index is 5040. The fourth-order valence-corrected chi connectivity index (χ4v) is 12.8. The molecule has 0 saturated heterocycles. The van der Waals surface area contributed by atoms with E-state index in [1.54, 1.807) is 0 Å². The van der Waals surface area contributed by atoms with Crippen LogP contribution in [0.1, 0.15) is 33.4 Å². The second-order valence-electron chi connectivity index (χ2n) is 26.6. The largest absolute Gasteiger partial charge is 0.345 e. The summed E-state index contributed by atoms with van der Waals surface area (Å²) in [4.78, 5) is 13.6. The molecule has 15 rings (SSSR count). The first-order chi connectivity index (χ1) is 50.2. The van der Waals surface area contributed by atoms with Gasteiger partial charge < -0.3 is 29.4 Å². The first-order valence-electron chi connectivity index (χ1n) is 35.4. The molecule has 0 radical (unpaired) electrons. The smallest absolute Gasteiger partial charge is 0.0463 e. The summed E-state index contributed by atoms with van der Waals surface area (Å²) < 4.78 is 0. The Morgan fingerprint density at radius 3 is 0.680 bits per heavy atom. The Hall–Kier alpha value is -12.6. The van der Waals surface area contributed by atoms with Gasteiger partial charge in [0.1, 0.15) is 0 Å². The van der Waals surface area contributed by atoms with Crippen molar-refractivity contribution in [2.24, 2.45) is 0 Å². The molecule has 506 valence electrons. The van der Waals surface area contributed by atoms with E-state index in [-0.39, 0.29) is 0 Å². The second kappa shape index (κ2) is 32.1. The van der Waals surface area contributed by atoms with Crippen LogP contribution in [0.4, 0.5) is 85.3 Å². The van der Waals surface area contributed by atoms with Crippen LogP contribution in [-0.2, 0) is 0 Å². The molecule has 0 aliphatic carbocycles. The maximum absolute atomic E-state index is 2.30. The molecule has 0 saturated carbocycles. The fraction of sp³-hybridized carbons (Fsp3) is 0.0928. The molecular formula is C97H88N6.